The average molecular weight is 273 g/mol. The Labute approximate surface area is 111 Å². The zero-order chi connectivity index (χ0) is 14.6. The van der Waals surface area contributed by atoms with E-state index in [0.29, 0.717) is 0 Å². The van der Waals surface area contributed by atoms with Crippen molar-refractivity contribution in [3.05, 3.63) is 0 Å². The van der Waals surface area contributed by atoms with Crippen LogP contribution in [0.2, 0.25) is 0 Å². The molecular formula is C12H19NO6. The fraction of sp³-hybridized carbons (Fsp3) is 0.750. The third kappa shape index (κ3) is 4.51. The van der Waals surface area contributed by atoms with Gasteiger partial charge < -0.3 is 19.5 Å². The fourth-order valence-electron chi connectivity index (χ4n) is 1.99. The molecule has 1 aliphatic heterocycles. The SMILES string of the molecule is CC(=O)N[C@H]1C(OC(C)=O)OC[C@@H](C)[C@@H]1OC(C)=O. The third-order valence-electron chi connectivity index (χ3n) is 2.69. The van der Waals surface area contributed by atoms with E-state index in [4.69, 9.17) is 14.2 Å². The highest BCUT2D eigenvalue weighted by atomic mass is 16.7. The van der Waals surface area contributed by atoms with Crippen molar-refractivity contribution < 1.29 is 28.6 Å². The summed E-state index contributed by atoms with van der Waals surface area (Å²) >= 11 is 0. The Morgan fingerprint density at radius 2 is 1.68 bits per heavy atom. The predicted molar refractivity (Wildman–Crippen MR) is 63.8 cm³/mol. The molecule has 108 valence electrons. The maximum Gasteiger partial charge on any atom is 0.305 e. The Morgan fingerprint density at radius 1 is 1.11 bits per heavy atom. The molecule has 1 unspecified atom stereocenters. The Bertz CT molecular complexity index is 369. The molecule has 1 heterocycles. The molecule has 1 amide bonds. The molecule has 1 N–H and O–H groups in total. The number of amides is 1. The highest BCUT2D eigenvalue weighted by molar-refractivity contribution is 5.73. The van der Waals surface area contributed by atoms with Gasteiger partial charge in [-0.1, -0.05) is 6.92 Å². The van der Waals surface area contributed by atoms with Crippen LogP contribution in [0.15, 0.2) is 0 Å². The van der Waals surface area contributed by atoms with Gasteiger partial charge in [0.25, 0.3) is 0 Å². The molecule has 7 heteroatoms. The summed E-state index contributed by atoms with van der Waals surface area (Å²) in [5.41, 5.74) is 0. The number of ether oxygens (including phenoxy) is 3. The molecule has 19 heavy (non-hydrogen) atoms. The first-order valence-electron chi connectivity index (χ1n) is 6.04. The van der Waals surface area contributed by atoms with Crippen molar-refractivity contribution in [1.29, 1.82) is 0 Å². The number of rotatable bonds is 3. The molecule has 0 aromatic heterocycles. The molecule has 4 atom stereocenters. The van der Waals surface area contributed by atoms with E-state index < -0.39 is 30.4 Å². The van der Waals surface area contributed by atoms with Crippen molar-refractivity contribution in [2.24, 2.45) is 5.92 Å². The molecule has 0 saturated carbocycles. The van der Waals surface area contributed by atoms with Gasteiger partial charge in [0.05, 0.1) is 6.61 Å². The average Bonchev–Trinajstić information content (AvgIpc) is 2.25. The molecule has 0 radical (unpaired) electrons. The summed E-state index contributed by atoms with van der Waals surface area (Å²) in [6.07, 6.45) is -1.55. The number of hydrogen-bond donors (Lipinski definition) is 1. The Morgan fingerprint density at radius 3 is 2.16 bits per heavy atom. The van der Waals surface area contributed by atoms with Gasteiger partial charge in [0.1, 0.15) is 12.1 Å². The Hall–Kier alpha value is -1.63. The molecular weight excluding hydrogens is 254 g/mol. The number of esters is 2. The quantitative estimate of drug-likeness (QED) is 0.727. The van der Waals surface area contributed by atoms with Crippen LogP contribution in [0.5, 0.6) is 0 Å². The third-order valence-corrected chi connectivity index (χ3v) is 2.69. The van der Waals surface area contributed by atoms with Crippen molar-refractivity contribution in [3.8, 4) is 0 Å². The topological polar surface area (TPSA) is 90.9 Å². The van der Waals surface area contributed by atoms with E-state index in [9.17, 15) is 14.4 Å². The van der Waals surface area contributed by atoms with Gasteiger partial charge in [0.15, 0.2) is 0 Å². The minimum atomic E-state index is -0.957. The van der Waals surface area contributed by atoms with Crippen LogP contribution in [-0.4, -0.2) is 42.9 Å². The summed E-state index contributed by atoms with van der Waals surface area (Å²) in [6.45, 7) is 5.95. The molecule has 0 bridgehead atoms. The number of carbonyl (C=O) groups excluding carboxylic acids is 3. The summed E-state index contributed by atoms with van der Waals surface area (Å²) in [4.78, 5) is 33.4. The Balaban J connectivity index is 2.89. The number of nitrogens with one attached hydrogen (secondary N) is 1. The lowest BCUT2D eigenvalue weighted by molar-refractivity contribution is -0.223. The van der Waals surface area contributed by atoms with Crippen LogP contribution < -0.4 is 5.32 Å². The van der Waals surface area contributed by atoms with Crippen molar-refractivity contribution in [2.75, 3.05) is 6.61 Å². The van der Waals surface area contributed by atoms with Gasteiger partial charge in [-0.15, -0.1) is 0 Å². The maximum atomic E-state index is 11.2. The van der Waals surface area contributed by atoms with Crippen LogP contribution in [0.4, 0.5) is 0 Å². The molecule has 1 aliphatic rings. The number of hydrogen-bond acceptors (Lipinski definition) is 6. The van der Waals surface area contributed by atoms with E-state index in [1.54, 1.807) is 0 Å². The standard InChI is InChI=1S/C12H19NO6/c1-6-5-17-12(19-9(4)16)10(13-7(2)14)11(6)18-8(3)15/h6,10-12H,5H2,1-4H3,(H,13,14)/t6-,10-,11+,12?/m1/s1. The minimum absolute atomic E-state index is 0.118. The largest absolute Gasteiger partial charge is 0.460 e. The van der Waals surface area contributed by atoms with Gasteiger partial charge in [-0.3, -0.25) is 14.4 Å². The summed E-state index contributed by atoms with van der Waals surface area (Å²) < 4.78 is 15.6. The molecule has 1 saturated heterocycles. The van der Waals surface area contributed by atoms with E-state index in [0.717, 1.165) is 0 Å². The van der Waals surface area contributed by atoms with E-state index in [1.165, 1.54) is 20.8 Å². The smallest absolute Gasteiger partial charge is 0.305 e. The lowest BCUT2D eigenvalue weighted by atomic mass is 9.95. The van der Waals surface area contributed by atoms with Gasteiger partial charge >= 0.3 is 11.9 Å². The summed E-state index contributed by atoms with van der Waals surface area (Å²) in [7, 11) is 0. The first kappa shape index (κ1) is 15.4. The Kier molecular flexibility index (Phi) is 5.29. The second-order valence-corrected chi connectivity index (χ2v) is 4.59. The summed E-state index contributed by atoms with van der Waals surface area (Å²) in [5.74, 6) is -1.43. The van der Waals surface area contributed by atoms with E-state index in [-0.39, 0.29) is 18.4 Å². The van der Waals surface area contributed by atoms with Gasteiger partial charge in [0.2, 0.25) is 12.2 Å². The zero-order valence-electron chi connectivity index (χ0n) is 11.5. The second kappa shape index (κ2) is 6.51. The highest BCUT2D eigenvalue weighted by Crippen LogP contribution is 2.24. The molecule has 1 fully saturated rings. The van der Waals surface area contributed by atoms with Crippen molar-refractivity contribution in [2.45, 2.75) is 46.1 Å². The molecule has 0 aromatic carbocycles. The predicted octanol–water partition coefficient (Wildman–Crippen LogP) is -0.0217. The zero-order valence-corrected chi connectivity index (χ0v) is 11.5. The summed E-state index contributed by atoms with van der Waals surface area (Å²) in [5, 5.41) is 2.60. The molecule has 1 rings (SSSR count). The highest BCUT2D eigenvalue weighted by Gasteiger charge is 2.43. The molecule has 0 aliphatic carbocycles. The van der Waals surface area contributed by atoms with Gasteiger partial charge in [-0.05, 0) is 0 Å². The molecule has 0 aromatic rings. The van der Waals surface area contributed by atoms with E-state index >= 15 is 0 Å². The molecule has 7 nitrogen and oxygen atoms in total. The minimum Gasteiger partial charge on any atom is -0.460 e. The van der Waals surface area contributed by atoms with Crippen molar-refractivity contribution >= 4 is 17.8 Å². The first-order chi connectivity index (χ1) is 8.81. The van der Waals surface area contributed by atoms with Gasteiger partial charge in [0, 0.05) is 26.7 Å². The van der Waals surface area contributed by atoms with Crippen LogP contribution in [0.1, 0.15) is 27.7 Å². The number of carbonyl (C=O) groups is 3. The maximum absolute atomic E-state index is 11.2. The van der Waals surface area contributed by atoms with Crippen LogP contribution in [0.3, 0.4) is 0 Å². The monoisotopic (exact) mass is 273 g/mol. The van der Waals surface area contributed by atoms with E-state index in [1.807, 2.05) is 6.92 Å². The van der Waals surface area contributed by atoms with Crippen LogP contribution >= 0.6 is 0 Å². The van der Waals surface area contributed by atoms with Crippen LogP contribution in [-0.2, 0) is 28.6 Å². The summed E-state index contributed by atoms with van der Waals surface area (Å²) in [6, 6.07) is -0.714. The van der Waals surface area contributed by atoms with Gasteiger partial charge in [-0.2, -0.15) is 0 Å². The van der Waals surface area contributed by atoms with Gasteiger partial charge in [-0.25, -0.2) is 0 Å². The lowest BCUT2D eigenvalue weighted by Crippen LogP contribution is -2.59. The fourth-order valence-corrected chi connectivity index (χ4v) is 1.99. The lowest BCUT2D eigenvalue weighted by Gasteiger charge is -2.40. The first-order valence-corrected chi connectivity index (χ1v) is 6.04. The molecule has 0 spiro atoms. The van der Waals surface area contributed by atoms with Crippen LogP contribution in [0, 0.1) is 5.92 Å². The normalized spacial score (nSPS) is 30.3. The second-order valence-electron chi connectivity index (χ2n) is 4.59. The van der Waals surface area contributed by atoms with Crippen LogP contribution in [0.25, 0.3) is 0 Å². The van der Waals surface area contributed by atoms with Crippen molar-refractivity contribution in [1.82, 2.24) is 5.32 Å². The van der Waals surface area contributed by atoms with Crippen molar-refractivity contribution in [3.63, 3.8) is 0 Å². The van der Waals surface area contributed by atoms with E-state index in [2.05, 4.69) is 5.32 Å².